The molecule has 1 aliphatic carbocycles. The SMILES string of the molecule is Cc1cc(C)n(CC(=O)NC[C@H]2COC3(CCC(C)CC3)O2)n1. The molecule has 0 unspecified atom stereocenters. The first-order valence-electron chi connectivity index (χ1n) is 8.55. The number of nitrogens with one attached hydrogen (secondary N) is 1. The number of aromatic nitrogens is 2. The van der Waals surface area contributed by atoms with E-state index in [0.29, 0.717) is 13.2 Å². The van der Waals surface area contributed by atoms with Gasteiger partial charge in [-0.1, -0.05) is 6.92 Å². The average molecular weight is 321 g/mol. The van der Waals surface area contributed by atoms with Gasteiger partial charge < -0.3 is 14.8 Å². The Morgan fingerprint density at radius 2 is 2.17 bits per heavy atom. The van der Waals surface area contributed by atoms with E-state index < -0.39 is 5.79 Å². The summed E-state index contributed by atoms with van der Waals surface area (Å²) in [5.41, 5.74) is 1.92. The number of amides is 1. The van der Waals surface area contributed by atoms with E-state index in [1.807, 2.05) is 19.9 Å². The molecule has 1 N–H and O–H groups in total. The summed E-state index contributed by atoms with van der Waals surface area (Å²) < 4.78 is 13.8. The number of ether oxygens (including phenoxy) is 2. The lowest BCUT2D eigenvalue weighted by Crippen LogP contribution is -2.39. The first kappa shape index (κ1) is 16.5. The minimum Gasteiger partial charge on any atom is -0.352 e. The zero-order valence-electron chi connectivity index (χ0n) is 14.3. The number of carbonyl (C=O) groups is 1. The van der Waals surface area contributed by atoms with E-state index in [1.165, 1.54) is 0 Å². The third-order valence-corrected chi connectivity index (χ3v) is 4.87. The molecule has 1 atom stereocenters. The van der Waals surface area contributed by atoms with Crippen LogP contribution in [0.25, 0.3) is 0 Å². The molecule has 6 heteroatoms. The summed E-state index contributed by atoms with van der Waals surface area (Å²) in [5.74, 6) is 0.322. The molecule has 1 spiro atoms. The second kappa shape index (κ2) is 6.61. The lowest BCUT2D eigenvalue weighted by molar-refractivity contribution is -0.191. The molecule has 6 nitrogen and oxygen atoms in total. The number of hydrogen-bond acceptors (Lipinski definition) is 4. The molecular weight excluding hydrogens is 294 g/mol. The van der Waals surface area contributed by atoms with E-state index in [-0.39, 0.29) is 18.6 Å². The van der Waals surface area contributed by atoms with Crippen molar-refractivity contribution in [1.82, 2.24) is 15.1 Å². The minimum absolute atomic E-state index is 0.0435. The van der Waals surface area contributed by atoms with Crippen LogP contribution in [-0.2, 0) is 20.8 Å². The molecule has 1 aromatic rings. The minimum atomic E-state index is -0.391. The fourth-order valence-corrected chi connectivity index (χ4v) is 3.44. The van der Waals surface area contributed by atoms with Gasteiger partial charge in [0.2, 0.25) is 5.91 Å². The van der Waals surface area contributed by atoms with Crippen molar-refractivity contribution in [2.45, 2.75) is 64.9 Å². The fourth-order valence-electron chi connectivity index (χ4n) is 3.44. The van der Waals surface area contributed by atoms with Crippen molar-refractivity contribution in [1.29, 1.82) is 0 Å². The van der Waals surface area contributed by atoms with Crippen molar-refractivity contribution < 1.29 is 14.3 Å². The molecule has 0 aromatic carbocycles. The summed E-state index contributed by atoms with van der Waals surface area (Å²) >= 11 is 0. The van der Waals surface area contributed by atoms with Gasteiger partial charge >= 0.3 is 0 Å². The predicted octanol–water partition coefficient (Wildman–Crippen LogP) is 1.94. The maximum Gasteiger partial charge on any atom is 0.241 e. The Kier molecular flexibility index (Phi) is 4.73. The molecule has 3 rings (SSSR count). The monoisotopic (exact) mass is 321 g/mol. The Hall–Kier alpha value is -1.40. The second-order valence-corrected chi connectivity index (χ2v) is 7.03. The molecule has 0 bridgehead atoms. The molecule has 1 aliphatic heterocycles. The van der Waals surface area contributed by atoms with Crippen molar-refractivity contribution in [2.24, 2.45) is 5.92 Å². The smallest absolute Gasteiger partial charge is 0.241 e. The van der Waals surface area contributed by atoms with Gasteiger partial charge in [-0.25, -0.2) is 0 Å². The molecule has 1 saturated heterocycles. The van der Waals surface area contributed by atoms with Gasteiger partial charge in [0, 0.05) is 25.1 Å². The predicted molar refractivity (Wildman–Crippen MR) is 85.9 cm³/mol. The summed E-state index contributed by atoms with van der Waals surface area (Å²) in [6, 6.07) is 1.97. The summed E-state index contributed by atoms with van der Waals surface area (Å²) in [7, 11) is 0. The van der Waals surface area contributed by atoms with Gasteiger partial charge in [0.15, 0.2) is 5.79 Å². The van der Waals surface area contributed by atoms with Gasteiger partial charge in [0.25, 0.3) is 0 Å². The first-order chi connectivity index (χ1) is 11.0. The molecule has 2 fully saturated rings. The van der Waals surface area contributed by atoms with Crippen LogP contribution in [0.5, 0.6) is 0 Å². The van der Waals surface area contributed by atoms with Crippen LogP contribution in [0.4, 0.5) is 0 Å². The van der Waals surface area contributed by atoms with Gasteiger partial charge in [0.1, 0.15) is 12.6 Å². The van der Waals surface area contributed by atoms with Crippen molar-refractivity contribution in [2.75, 3.05) is 13.2 Å². The molecule has 2 aliphatic rings. The molecule has 1 amide bonds. The van der Waals surface area contributed by atoms with E-state index in [9.17, 15) is 4.79 Å². The maximum atomic E-state index is 12.1. The number of nitrogens with zero attached hydrogens (tertiary/aromatic N) is 2. The standard InChI is InChI=1S/C17H27N3O3/c1-12-4-6-17(7-5-12)22-11-15(23-17)9-18-16(21)10-20-14(3)8-13(2)19-20/h8,12,15H,4-7,9-11H2,1-3H3,(H,18,21)/t12?,15-,17?/m0/s1. The number of aryl methyl sites for hydroxylation is 2. The molecule has 23 heavy (non-hydrogen) atoms. The van der Waals surface area contributed by atoms with E-state index >= 15 is 0 Å². The second-order valence-electron chi connectivity index (χ2n) is 7.03. The van der Waals surface area contributed by atoms with Crippen LogP contribution in [0.15, 0.2) is 6.07 Å². The van der Waals surface area contributed by atoms with E-state index in [0.717, 1.165) is 43.0 Å². The zero-order chi connectivity index (χ0) is 16.4. The van der Waals surface area contributed by atoms with Gasteiger partial charge in [-0.05, 0) is 38.7 Å². The molecule has 0 radical (unpaired) electrons. The zero-order valence-corrected chi connectivity index (χ0v) is 14.3. The van der Waals surface area contributed by atoms with E-state index in [4.69, 9.17) is 9.47 Å². The van der Waals surface area contributed by atoms with Crippen molar-refractivity contribution in [3.63, 3.8) is 0 Å². The first-order valence-corrected chi connectivity index (χ1v) is 8.55. The van der Waals surface area contributed by atoms with Crippen LogP contribution in [0, 0.1) is 19.8 Å². The van der Waals surface area contributed by atoms with Crippen molar-refractivity contribution in [3.8, 4) is 0 Å². The lowest BCUT2D eigenvalue weighted by Gasteiger charge is -2.34. The Bertz CT molecular complexity index is 561. The van der Waals surface area contributed by atoms with Crippen LogP contribution < -0.4 is 5.32 Å². The Morgan fingerprint density at radius 3 is 2.83 bits per heavy atom. The lowest BCUT2D eigenvalue weighted by atomic mass is 9.86. The summed E-state index contributed by atoms with van der Waals surface area (Å²) in [6.45, 7) is 7.46. The van der Waals surface area contributed by atoms with Crippen LogP contribution in [0.2, 0.25) is 0 Å². The summed E-state index contributed by atoms with van der Waals surface area (Å²) in [6.07, 6.45) is 4.18. The van der Waals surface area contributed by atoms with Crippen LogP contribution >= 0.6 is 0 Å². The maximum absolute atomic E-state index is 12.1. The highest BCUT2D eigenvalue weighted by Gasteiger charge is 2.43. The summed E-state index contributed by atoms with van der Waals surface area (Å²) in [4.78, 5) is 12.1. The van der Waals surface area contributed by atoms with Crippen LogP contribution in [-0.4, -0.2) is 40.7 Å². The van der Waals surface area contributed by atoms with Crippen LogP contribution in [0.1, 0.15) is 44.0 Å². The molecule has 1 saturated carbocycles. The summed E-state index contributed by atoms with van der Waals surface area (Å²) in [5, 5.41) is 7.24. The van der Waals surface area contributed by atoms with Gasteiger partial charge in [-0.3, -0.25) is 9.48 Å². The number of carbonyl (C=O) groups excluding carboxylic acids is 1. The normalized spacial score (nSPS) is 30.7. The third kappa shape index (κ3) is 3.93. The van der Waals surface area contributed by atoms with Gasteiger partial charge in [0.05, 0.1) is 12.3 Å². The Balaban J connectivity index is 1.44. The number of rotatable bonds is 4. The molecule has 128 valence electrons. The molecule has 2 heterocycles. The van der Waals surface area contributed by atoms with Gasteiger partial charge in [-0.15, -0.1) is 0 Å². The fraction of sp³-hybridized carbons (Fsp3) is 0.765. The Labute approximate surface area is 137 Å². The van der Waals surface area contributed by atoms with Gasteiger partial charge in [-0.2, -0.15) is 5.10 Å². The van der Waals surface area contributed by atoms with Crippen LogP contribution in [0.3, 0.4) is 0 Å². The van der Waals surface area contributed by atoms with Crippen molar-refractivity contribution >= 4 is 5.91 Å². The largest absolute Gasteiger partial charge is 0.352 e. The highest BCUT2D eigenvalue weighted by Crippen LogP contribution is 2.39. The van der Waals surface area contributed by atoms with E-state index in [1.54, 1.807) is 4.68 Å². The van der Waals surface area contributed by atoms with E-state index in [2.05, 4.69) is 17.3 Å². The quantitative estimate of drug-likeness (QED) is 0.920. The average Bonchev–Trinajstić information content (AvgIpc) is 3.04. The number of hydrogen-bond donors (Lipinski definition) is 1. The highest BCUT2D eigenvalue weighted by molar-refractivity contribution is 5.75. The third-order valence-electron chi connectivity index (χ3n) is 4.87. The topological polar surface area (TPSA) is 65.4 Å². The van der Waals surface area contributed by atoms with Crippen molar-refractivity contribution in [3.05, 3.63) is 17.5 Å². The molecule has 1 aromatic heterocycles. The highest BCUT2D eigenvalue weighted by atomic mass is 16.7. The Morgan fingerprint density at radius 1 is 1.43 bits per heavy atom. The molecular formula is C17H27N3O3.